The first kappa shape index (κ1) is 14.1. The highest BCUT2D eigenvalue weighted by Crippen LogP contribution is 2.32. The minimum atomic E-state index is 0.659. The van der Waals surface area contributed by atoms with Crippen LogP contribution in [-0.4, -0.2) is 17.8 Å². The van der Waals surface area contributed by atoms with E-state index in [9.17, 15) is 0 Å². The Morgan fingerprint density at radius 3 is 2.69 bits per heavy atom. The molecule has 0 aromatic carbocycles. The second-order valence-corrected chi connectivity index (χ2v) is 6.44. The first-order valence-electron chi connectivity index (χ1n) is 6.25. The summed E-state index contributed by atoms with van der Waals surface area (Å²) in [6.07, 6.45) is 3.78. The van der Waals surface area contributed by atoms with Crippen molar-refractivity contribution in [1.29, 1.82) is 0 Å². The van der Waals surface area contributed by atoms with Gasteiger partial charge in [0.15, 0.2) is 0 Å². The van der Waals surface area contributed by atoms with E-state index in [1.807, 2.05) is 23.1 Å². The van der Waals surface area contributed by atoms with Gasteiger partial charge in [-0.15, -0.1) is 23.1 Å². The Labute approximate surface area is 108 Å². The molecule has 0 amide bonds. The lowest BCUT2D eigenvalue weighted by Crippen LogP contribution is -2.37. The van der Waals surface area contributed by atoms with Gasteiger partial charge >= 0.3 is 0 Å². The molecule has 1 heterocycles. The van der Waals surface area contributed by atoms with Crippen LogP contribution in [0, 0.1) is 0 Å². The molecule has 0 aliphatic carbocycles. The average Bonchev–Trinajstić information content (AvgIpc) is 2.78. The predicted molar refractivity (Wildman–Crippen MR) is 76.6 cm³/mol. The average molecular weight is 257 g/mol. The van der Waals surface area contributed by atoms with Crippen molar-refractivity contribution in [3.63, 3.8) is 0 Å². The van der Waals surface area contributed by atoms with E-state index in [1.54, 1.807) is 0 Å². The van der Waals surface area contributed by atoms with E-state index < -0.39 is 0 Å². The van der Waals surface area contributed by atoms with Crippen molar-refractivity contribution in [2.75, 3.05) is 6.54 Å². The molecule has 1 aromatic heterocycles. The van der Waals surface area contributed by atoms with Gasteiger partial charge in [-0.3, -0.25) is 0 Å². The van der Waals surface area contributed by atoms with Crippen molar-refractivity contribution in [2.45, 2.75) is 55.5 Å². The van der Waals surface area contributed by atoms with E-state index >= 15 is 0 Å². The molecule has 1 nitrogen and oxygen atoms in total. The normalized spacial score (nSPS) is 14.9. The smallest absolute Gasteiger partial charge is 0.0601 e. The van der Waals surface area contributed by atoms with Crippen LogP contribution in [0.1, 0.15) is 40.0 Å². The van der Waals surface area contributed by atoms with Crippen molar-refractivity contribution in [3.8, 4) is 0 Å². The first-order chi connectivity index (χ1) is 7.81. The Morgan fingerprint density at radius 2 is 2.19 bits per heavy atom. The molecule has 0 aliphatic rings. The van der Waals surface area contributed by atoms with E-state index in [4.69, 9.17) is 0 Å². The molecule has 0 aliphatic heterocycles. The van der Waals surface area contributed by atoms with Gasteiger partial charge in [0, 0.05) is 11.3 Å². The van der Waals surface area contributed by atoms with Gasteiger partial charge in [0.2, 0.25) is 0 Å². The van der Waals surface area contributed by atoms with Crippen LogP contribution in [0.25, 0.3) is 0 Å². The Balaban J connectivity index is 2.55. The quantitative estimate of drug-likeness (QED) is 0.693. The molecule has 0 saturated heterocycles. The van der Waals surface area contributed by atoms with E-state index in [2.05, 4.69) is 43.6 Å². The van der Waals surface area contributed by atoms with Crippen molar-refractivity contribution < 1.29 is 0 Å². The van der Waals surface area contributed by atoms with Gasteiger partial charge in [0.1, 0.15) is 0 Å². The fourth-order valence-electron chi connectivity index (χ4n) is 1.92. The van der Waals surface area contributed by atoms with E-state index in [-0.39, 0.29) is 0 Å². The van der Waals surface area contributed by atoms with Crippen molar-refractivity contribution in [1.82, 2.24) is 5.32 Å². The number of rotatable bonds is 8. The van der Waals surface area contributed by atoms with Crippen LogP contribution < -0.4 is 5.32 Å². The fourth-order valence-corrected chi connectivity index (χ4v) is 4.15. The highest BCUT2D eigenvalue weighted by atomic mass is 32.2. The summed E-state index contributed by atoms with van der Waals surface area (Å²) >= 11 is 3.89. The summed E-state index contributed by atoms with van der Waals surface area (Å²) in [7, 11) is 0. The summed E-state index contributed by atoms with van der Waals surface area (Å²) in [5.41, 5.74) is 0. The molecule has 2 unspecified atom stereocenters. The van der Waals surface area contributed by atoms with Gasteiger partial charge < -0.3 is 5.32 Å². The molecule has 1 aromatic rings. The van der Waals surface area contributed by atoms with Crippen LogP contribution in [0.4, 0.5) is 0 Å². The van der Waals surface area contributed by atoms with Crippen molar-refractivity contribution in [2.24, 2.45) is 0 Å². The molecule has 0 radical (unpaired) electrons. The number of hydrogen-bond donors (Lipinski definition) is 1. The van der Waals surface area contributed by atoms with Gasteiger partial charge in [0.25, 0.3) is 0 Å². The lowest BCUT2D eigenvalue weighted by atomic mass is 10.1. The SMILES string of the molecule is CCCC(NCC)C(CC)Sc1cccs1. The third-order valence-corrected chi connectivity index (χ3v) is 5.25. The number of thiophene rings is 1. The zero-order chi connectivity index (χ0) is 11.8. The monoisotopic (exact) mass is 257 g/mol. The third kappa shape index (κ3) is 4.48. The fraction of sp³-hybridized carbons (Fsp3) is 0.692. The Kier molecular flexibility index (Phi) is 7.17. The highest BCUT2D eigenvalue weighted by molar-refractivity contribution is 8.01. The summed E-state index contributed by atoms with van der Waals surface area (Å²) in [5.74, 6) is 0. The van der Waals surface area contributed by atoms with Crippen LogP contribution >= 0.6 is 23.1 Å². The minimum Gasteiger partial charge on any atom is -0.313 e. The van der Waals surface area contributed by atoms with Crippen LogP contribution in [0.3, 0.4) is 0 Å². The Morgan fingerprint density at radius 1 is 1.38 bits per heavy atom. The summed E-state index contributed by atoms with van der Waals surface area (Å²) in [6, 6.07) is 5.03. The lowest BCUT2D eigenvalue weighted by molar-refractivity contribution is 0.466. The molecule has 2 atom stereocenters. The topological polar surface area (TPSA) is 12.0 Å². The van der Waals surface area contributed by atoms with E-state index in [0.29, 0.717) is 11.3 Å². The molecular formula is C13H23NS2. The van der Waals surface area contributed by atoms with Crippen molar-refractivity contribution in [3.05, 3.63) is 17.5 Å². The second kappa shape index (κ2) is 8.15. The maximum Gasteiger partial charge on any atom is 0.0601 e. The largest absolute Gasteiger partial charge is 0.313 e. The third-order valence-electron chi connectivity index (χ3n) is 2.68. The van der Waals surface area contributed by atoms with Crippen LogP contribution in [0.15, 0.2) is 21.7 Å². The van der Waals surface area contributed by atoms with Crippen LogP contribution in [0.2, 0.25) is 0 Å². The Bertz CT molecular complexity index is 253. The predicted octanol–water partition coefficient (Wildman–Crippen LogP) is 4.40. The van der Waals surface area contributed by atoms with Crippen LogP contribution in [0.5, 0.6) is 0 Å². The zero-order valence-corrected chi connectivity index (χ0v) is 12.2. The van der Waals surface area contributed by atoms with Gasteiger partial charge in [-0.25, -0.2) is 0 Å². The molecule has 16 heavy (non-hydrogen) atoms. The summed E-state index contributed by atoms with van der Waals surface area (Å²) in [5, 5.41) is 6.50. The van der Waals surface area contributed by atoms with Gasteiger partial charge in [-0.1, -0.05) is 33.3 Å². The van der Waals surface area contributed by atoms with Gasteiger partial charge in [-0.2, -0.15) is 0 Å². The summed E-state index contributed by atoms with van der Waals surface area (Å²) in [4.78, 5) is 0. The molecule has 0 saturated carbocycles. The number of hydrogen-bond acceptors (Lipinski definition) is 3. The Hall–Kier alpha value is 0.01000. The van der Waals surface area contributed by atoms with Crippen LogP contribution in [-0.2, 0) is 0 Å². The molecule has 3 heteroatoms. The number of nitrogens with one attached hydrogen (secondary N) is 1. The summed E-state index contributed by atoms with van der Waals surface area (Å²) in [6.45, 7) is 7.84. The molecule has 0 spiro atoms. The van der Waals surface area contributed by atoms with E-state index in [0.717, 1.165) is 6.54 Å². The molecule has 92 valence electrons. The first-order valence-corrected chi connectivity index (χ1v) is 8.01. The standard InChI is InChI=1S/C13H23NS2/c1-4-8-11(14-6-3)12(5-2)16-13-9-7-10-15-13/h7,9-12,14H,4-6,8H2,1-3H3. The maximum absolute atomic E-state index is 3.63. The van der Waals surface area contributed by atoms with Crippen molar-refractivity contribution >= 4 is 23.1 Å². The molecule has 1 N–H and O–H groups in total. The molecule has 0 bridgehead atoms. The minimum absolute atomic E-state index is 0.659. The van der Waals surface area contributed by atoms with E-state index in [1.165, 1.54) is 23.5 Å². The lowest BCUT2D eigenvalue weighted by Gasteiger charge is -2.25. The highest BCUT2D eigenvalue weighted by Gasteiger charge is 2.19. The second-order valence-electron chi connectivity index (χ2n) is 3.95. The molecule has 1 rings (SSSR count). The van der Waals surface area contributed by atoms with Gasteiger partial charge in [-0.05, 0) is 30.8 Å². The molecule has 0 fully saturated rings. The number of thioether (sulfide) groups is 1. The maximum atomic E-state index is 3.63. The molecular weight excluding hydrogens is 234 g/mol. The van der Waals surface area contributed by atoms with Gasteiger partial charge in [0.05, 0.1) is 4.21 Å². The summed E-state index contributed by atoms with van der Waals surface area (Å²) < 4.78 is 1.45. The zero-order valence-electron chi connectivity index (χ0n) is 10.5.